The second kappa shape index (κ2) is 6.73. The third kappa shape index (κ3) is 2.96. The molecule has 126 valence electrons. The molecule has 0 saturated carbocycles. The molecule has 1 amide bonds. The normalized spacial score (nSPS) is 12.9. The molecule has 6 heteroatoms. The van der Waals surface area contributed by atoms with Gasteiger partial charge in [0.25, 0.3) is 5.91 Å². The number of carbonyl (C=O) groups is 2. The molecule has 1 aliphatic heterocycles. The summed E-state index contributed by atoms with van der Waals surface area (Å²) in [7, 11) is 1.31. The highest BCUT2D eigenvalue weighted by molar-refractivity contribution is 6.08. The number of amides is 1. The van der Waals surface area contributed by atoms with Crippen molar-refractivity contribution >= 4 is 17.6 Å². The van der Waals surface area contributed by atoms with Crippen LogP contribution in [-0.4, -0.2) is 25.5 Å². The van der Waals surface area contributed by atoms with Crippen molar-refractivity contribution in [3.05, 3.63) is 64.5 Å². The Balaban J connectivity index is 2.03. The Bertz CT molecular complexity index is 902. The highest BCUT2D eigenvalue weighted by atomic mass is 19.1. The molecule has 0 spiro atoms. The van der Waals surface area contributed by atoms with Gasteiger partial charge in [-0.3, -0.25) is 4.79 Å². The second-order valence-electron chi connectivity index (χ2n) is 5.66. The first-order chi connectivity index (χ1) is 12.1. The van der Waals surface area contributed by atoms with Gasteiger partial charge in [0, 0.05) is 17.8 Å². The Hall–Kier alpha value is -3.20. The van der Waals surface area contributed by atoms with Crippen molar-refractivity contribution in [3.63, 3.8) is 0 Å². The van der Waals surface area contributed by atoms with Crippen molar-refractivity contribution in [3.8, 4) is 6.07 Å². The number of benzene rings is 2. The first kappa shape index (κ1) is 16.7. The third-order valence-electron chi connectivity index (χ3n) is 4.23. The van der Waals surface area contributed by atoms with E-state index in [4.69, 9.17) is 10.00 Å². The topological polar surface area (TPSA) is 70.4 Å². The number of rotatable bonds is 2. The number of esters is 1. The van der Waals surface area contributed by atoms with E-state index in [2.05, 4.69) is 0 Å². The number of ether oxygens (including phenoxy) is 1. The molecule has 1 heterocycles. The Morgan fingerprint density at radius 1 is 1.28 bits per heavy atom. The van der Waals surface area contributed by atoms with Crippen molar-refractivity contribution in [2.75, 3.05) is 18.6 Å². The van der Waals surface area contributed by atoms with Gasteiger partial charge in [-0.2, -0.15) is 5.26 Å². The van der Waals surface area contributed by atoms with Gasteiger partial charge < -0.3 is 9.64 Å². The predicted octanol–water partition coefficient (Wildman–Crippen LogP) is 3.08. The molecule has 0 unspecified atom stereocenters. The standard InChI is InChI=1S/C19H15FN2O3/c1-25-19(24)15-4-2-6-17-14(15)5-3-9-22(17)18(23)12-7-8-16(20)13(10-12)11-21/h2,4,6-8,10H,3,5,9H2,1H3. The van der Waals surface area contributed by atoms with Gasteiger partial charge in [-0.15, -0.1) is 0 Å². The lowest BCUT2D eigenvalue weighted by Gasteiger charge is -2.30. The fourth-order valence-electron chi connectivity index (χ4n) is 3.04. The second-order valence-corrected chi connectivity index (χ2v) is 5.66. The van der Waals surface area contributed by atoms with Gasteiger partial charge in [0.2, 0.25) is 0 Å². The van der Waals surface area contributed by atoms with E-state index in [0.717, 1.165) is 11.6 Å². The molecule has 0 fully saturated rings. The van der Waals surface area contributed by atoms with Gasteiger partial charge in [-0.25, -0.2) is 9.18 Å². The summed E-state index contributed by atoms with van der Waals surface area (Å²) in [5.74, 6) is -1.44. The number of anilines is 1. The van der Waals surface area contributed by atoms with Crippen molar-refractivity contribution in [1.82, 2.24) is 0 Å². The van der Waals surface area contributed by atoms with E-state index in [0.29, 0.717) is 30.6 Å². The minimum Gasteiger partial charge on any atom is -0.465 e. The summed E-state index contributed by atoms with van der Waals surface area (Å²) in [6.45, 7) is 0.482. The lowest BCUT2D eigenvalue weighted by atomic mass is 9.95. The molecule has 3 rings (SSSR count). The molecule has 0 N–H and O–H groups in total. The fraction of sp³-hybridized carbons (Fsp3) is 0.211. The maximum absolute atomic E-state index is 13.5. The number of hydrogen-bond acceptors (Lipinski definition) is 4. The molecule has 0 saturated heterocycles. The molecule has 5 nitrogen and oxygen atoms in total. The van der Waals surface area contributed by atoms with Crippen LogP contribution in [0.5, 0.6) is 0 Å². The van der Waals surface area contributed by atoms with Crippen molar-refractivity contribution in [2.24, 2.45) is 0 Å². The van der Waals surface area contributed by atoms with Crippen LogP contribution in [0.25, 0.3) is 0 Å². The van der Waals surface area contributed by atoms with E-state index in [1.54, 1.807) is 29.2 Å². The minimum absolute atomic E-state index is 0.175. The molecule has 25 heavy (non-hydrogen) atoms. The van der Waals surface area contributed by atoms with E-state index in [1.807, 2.05) is 0 Å². The van der Waals surface area contributed by atoms with Crippen molar-refractivity contribution < 1.29 is 18.7 Å². The summed E-state index contributed by atoms with van der Waals surface area (Å²) in [5, 5.41) is 8.95. The summed E-state index contributed by atoms with van der Waals surface area (Å²) in [5.41, 5.74) is 1.90. The largest absolute Gasteiger partial charge is 0.465 e. The zero-order valence-electron chi connectivity index (χ0n) is 13.6. The van der Waals surface area contributed by atoms with Crippen LogP contribution in [0.3, 0.4) is 0 Å². The monoisotopic (exact) mass is 338 g/mol. The molecule has 0 aromatic heterocycles. The minimum atomic E-state index is -0.661. The van der Waals surface area contributed by atoms with Crippen LogP contribution in [-0.2, 0) is 11.2 Å². The number of carbonyl (C=O) groups excluding carboxylic acids is 2. The highest BCUT2D eigenvalue weighted by Crippen LogP contribution is 2.31. The Morgan fingerprint density at radius 2 is 2.08 bits per heavy atom. The lowest BCUT2D eigenvalue weighted by molar-refractivity contribution is 0.0599. The van der Waals surface area contributed by atoms with Crippen LogP contribution >= 0.6 is 0 Å². The number of nitrogens with zero attached hydrogens (tertiary/aromatic N) is 2. The van der Waals surface area contributed by atoms with Gasteiger partial charge >= 0.3 is 5.97 Å². The SMILES string of the molecule is COC(=O)c1cccc2c1CCCN2C(=O)c1ccc(F)c(C#N)c1. The molecule has 2 aromatic carbocycles. The number of halogens is 1. The van der Waals surface area contributed by atoms with E-state index in [-0.39, 0.29) is 17.0 Å². The Kier molecular flexibility index (Phi) is 4.48. The van der Waals surface area contributed by atoms with Gasteiger partial charge in [-0.05, 0) is 48.7 Å². The maximum Gasteiger partial charge on any atom is 0.338 e. The van der Waals surface area contributed by atoms with Crippen LogP contribution in [0.2, 0.25) is 0 Å². The Labute approximate surface area is 144 Å². The summed E-state index contributed by atoms with van der Waals surface area (Å²) >= 11 is 0. The third-order valence-corrected chi connectivity index (χ3v) is 4.23. The molecular weight excluding hydrogens is 323 g/mol. The van der Waals surface area contributed by atoms with Crippen LogP contribution in [0.15, 0.2) is 36.4 Å². The van der Waals surface area contributed by atoms with E-state index >= 15 is 0 Å². The van der Waals surface area contributed by atoms with Gasteiger partial charge in [0.15, 0.2) is 0 Å². The molecule has 0 bridgehead atoms. The zero-order valence-corrected chi connectivity index (χ0v) is 13.6. The molecule has 0 aliphatic carbocycles. The van der Waals surface area contributed by atoms with Gasteiger partial charge in [0.05, 0.1) is 18.2 Å². The number of methoxy groups -OCH3 is 1. The molecule has 0 radical (unpaired) electrons. The average molecular weight is 338 g/mol. The number of hydrogen-bond donors (Lipinski definition) is 0. The van der Waals surface area contributed by atoms with E-state index in [9.17, 15) is 14.0 Å². The average Bonchev–Trinajstić information content (AvgIpc) is 2.66. The van der Waals surface area contributed by atoms with E-state index < -0.39 is 11.8 Å². The summed E-state index contributed by atoms with van der Waals surface area (Å²) in [6.07, 6.45) is 1.36. The predicted molar refractivity (Wildman–Crippen MR) is 88.9 cm³/mol. The molecule has 0 atom stereocenters. The smallest absolute Gasteiger partial charge is 0.338 e. The van der Waals surface area contributed by atoms with Gasteiger partial charge in [-0.1, -0.05) is 6.07 Å². The van der Waals surface area contributed by atoms with Crippen LogP contribution < -0.4 is 4.90 Å². The summed E-state index contributed by atoms with van der Waals surface area (Å²) in [4.78, 5) is 26.4. The maximum atomic E-state index is 13.5. The molecular formula is C19H15FN2O3. The summed E-state index contributed by atoms with van der Waals surface area (Å²) < 4.78 is 18.3. The zero-order chi connectivity index (χ0) is 18.0. The van der Waals surface area contributed by atoms with Crippen molar-refractivity contribution in [2.45, 2.75) is 12.8 Å². The number of nitriles is 1. The molecule has 2 aromatic rings. The van der Waals surface area contributed by atoms with Crippen molar-refractivity contribution in [1.29, 1.82) is 5.26 Å². The molecule has 1 aliphatic rings. The fourth-order valence-corrected chi connectivity index (χ4v) is 3.04. The first-order valence-corrected chi connectivity index (χ1v) is 7.78. The Morgan fingerprint density at radius 3 is 2.80 bits per heavy atom. The first-order valence-electron chi connectivity index (χ1n) is 7.78. The summed E-state index contributed by atoms with van der Waals surface area (Å²) in [6, 6.07) is 10.6. The quantitative estimate of drug-likeness (QED) is 0.789. The number of fused-ring (bicyclic) bond motifs is 1. The van der Waals surface area contributed by atoms with Crippen LogP contribution in [0.1, 0.15) is 38.3 Å². The highest BCUT2D eigenvalue weighted by Gasteiger charge is 2.27. The van der Waals surface area contributed by atoms with Gasteiger partial charge in [0.1, 0.15) is 11.9 Å². The van der Waals surface area contributed by atoms with Crippen LogP contribution in [0, 0.1) is 17.1 Å². The lowest BCUT2D eigenvalue weighted by Crippen LogP contribution is -2.36. The van der Waals surface area contributed by atoms with Crippen LogP contribution in [0.4, 0.5) is 10.1 Å². The van der Waals surface area contributed by atoms with E-state index in [1.165, 1.54) is 19.2 Å².